The highest BCUT2D eigenvalue weighted by molar-refractivity contribution is 5.45. The van der Waals surface area contributed by atoms with Gasteiger partial charge in [0.1, 0.15) is 0 Å². The predicted molar refractivity (Wildman–Crippen MR) is 60.7 cm³/mol. The van der Waals surface area contributed by atoms with Gasteiger partial charge in [0.05, 0.1) is 19.1 Å². The van der Waals surface area contributed by atoms with Gasteiger partial charge in [0.15, 0.2) is 0 Å². The fourth-order valence-corrected chi connectivity index (χ4v) is 1.39. The Balaban J connectivity index is 2.53. The average Bonchev–Trinajstić information content (AvgIpc) is 2.22. The molecule has 0 radical (unpaired) electrons. The Hall–Kier alpha value is -1.53. The van der Waals surface area contributed by atoms with E-state index in [4.69, 9.17) is 10.00 Å². The maximum absolute atomic E-state index is 8.52. The minimum absolute atomic E-state index is 0.289. The summed E-state index contributed by atoms with van der Waals surface area (Å²) in [6.07, 6.45) is 0.466. The van der Waals surface area contributed by atoms with E-state index >= 15 is 0 Å². The molecule has 1 N–H and O–H groups in total. The van der Waals surface area contributed by atoms with Gasteiger partial charge in [-0.3, -0.25) is 0 Å². The summed E-state index contributed by atoms with van der Waals surface area (Å²) in [5, 5.41) is 11.8. The van der Waals surface area contributed by atoms with Gasteiger partial charge in [0.2, 0.25) is 0 Å². The Morgan fingerprint density at radius 1 is 1.40 bits per heavy atom. The van der Waals surface area contributed by atoms with Gasteiger partial charge in [-0.2, -0.15) is 5.26 Å². The molecule has 0 saturated carbocycles. The Labute approximate surface area is 90.7 Å². The zero-order valence-corrected chi connectivity index (χ0v) is 9.16. The molecule has 3 heteroatoms. The standard InChI is InChI=1S/C12H16N2O/c1-10(9-15-2)14-12-5-3-11(4-6-12)7-8-13/h3-6,10,14H,7,9H2,1-2H3/t10-/m1/s1. The second-order valence-corrected chi connectivity index (χ2v) is 3.53. The molecule has 1 aromatic rings. The van der Waals surface area contributed by atoms with Crippen LogP contribution in [0.4, 0.5) is 5.69 Å². The first-order valence-electron chi connectivity index (χ1n) is 4.97. The van der Waals surface area contributed by atoms with Crippen LogP contribution < -0.4 is 5.32 Å². The lowest BCUT2D eigenvalue weighted by atomic mass is 10.1. The molecule has 80 valence electrons. The van der Waals surface area contributed by atoms with E-state index in [-0.39, 0.29) is 6.04 Å². The highest BCUT2D eigenvalue weighted by atomic mass is 16.5. The molecular formula is C12H16N2O. The van der Waals surface area contributed by atoms with Gasteiger partial charge >= 0.3 is 0 Å². The minimum atomic E-state index is 0.289. The maximum Gasteiger partial charge on any atom is 0.0669 e. The van der Waals surface area contributed by atoms with Gasteiger partial charge < -0.3 is 10.1 Å². The van der Waals surface area contributed by atoms with Crippen LogP contribution in [0.3, 0.4) is 0 Å². The molecule has 0 unspecified atom stereocenters. The number of anilines is 1. The minimum Gasteiger partial charge on any atom is -0.383 e. The van der Waals surface area contributed by atoms with Crippen molar-refractivity contribution < 1.29 is 4.74 Å². The quantitative estimate of drug-likeness (QED) is 0.799. The normalized spacial score (nSPS) is 11.8. The lowest BCUT2D eigenvalue weighted by molar-refractivity contribution is 0.190. The molecule has 0 saturated heterocycles. The largest absolute Gasteiger partial charge is 0.383 e. The van der Waals surface area contributed by atoms with E-state index < -0.39 is 0 Å². The summed E-state index contributed by atoms with van der Waals surface area (Å²) in [4.78, 5) is 0. The summed E-state index contributed by atoms with van der Waals surface area (Å²) in [5.74, 6) is 0. The first-order valence-corrected chi connectivity index (χ1v) is 4.97. The molecule has 0 spiro atoms. The van der Waals surface area contributed by atoms with Crippen molar-refractivity contribution in [3.05, 3.63) is 29.8 Å². The lowest BCUT2D eigenvalue weighted by Gasteiger charge is -2.14. The van der Waals surface area contributed by atoms with Crippen molar-refractivity contribution in [2.45, 2.75) is 19.4 Å². The van der Waals surface area contributed by atoms with Gasteiger partial charge in [0, 0.05) is 18.8 Å². The molecule has 1 aromatic carbocycles. The van der Waals surface area contributed by atoms with Crippen LogP contribution in [0.1, 0.15) is 12.5 Å². The van der Waals surface area contributed by atoms with E-state index in [1.807, 2.05) is 24.3 Å². The SMILES string of the molecule is COC[C@@H](C)Nc1ccc(CC#N)cc1. The van der Waals surface area contributed by atoms with Gasteiger partial charge in [0.25, 0.3) is 0 Å². The monoisotopic (exact) mass is 204 g/mol. The van der Waals surface area contributed by atoms with Crippen LogP contribution in [0.15, 0.2) is 24.3 Å². The highest BCUT2D eigenvalue weighted by Gasteiger charge is 2.00. The van der Waals surface area contributed by atoms with Crippen molar-refractivity contribution in [1.29, 1.82) is 5.26 Å². The van der Waals surface area contributed by atoms with Crippen molar-refractivity contribution in [1.82, 2.24) is 0 Å². The van der Waals surface area contributed by atoms with Gasteiger partial charge in [-0.05, 0) is 24.6 Å². The summed E-state index contributed by atoms with van der Waals surface area (Å²) < 4.78 is 5.03. The first-order chi connectivity index (χ1) is 7.26. The number of methoxy groups -OCH3 is 1. The number of nitriles is 1. The Bertz CT molecular complexity index is 326. The van der Waals surface area contributed by atoms with E-state index in [0.717, 1.165) is 11.3 Å². The van der Waals surface area contributed by atoms with Crippen LogP contribution in [-0.2, 0) is 11.2 Å². The summed E-state index contributed by atoms with van der Waals surface area (Å²) >= 11 is 0. The van der Waals surface area contributed by atoms with Gasteiger partial charge in [-0.15, -0.1) is 0 Å². The van der Waals surface area contributed by atoms with Crippen molar-refractivity contribution in [2.24, 2.45) is 0 Å². The number of ether oxygens (including phenoxy) is 1. The molecule has 0 aliphatic carbocycles. The molecule has 15 heavy (non-hydrogen) atoms. The number of benzene rings is 1. The summed E-state index contributed by atoms with van der Waals surface area (Å²) in [6, 6.07) is 10.3. The summed E-state index contributed by atoms with van der Waals surface area (Å²) in [7, 11) is 1.69. The molecule has 0 aromatic heterocycles. The van der Waals surface area contributed by atoms with Crippen LogP contribution in [-0.4, -0.2) is 19.8 Å². The predicted octanol–water partition coefficient (Wildman–Crippen LogP) is 2.20. The summed E-state index contributed by atoms with van der Waals surface area (Å²) in [5.41, 5.74) is 2.10. The smallest absolute Gasteiger partial charge is 0.0669 e. The van der Waals surface area contributed by atoms with Crippen molar-refractivity contribution in [3.8, 4) is 6.07 Å². The molecule has 0 aliphatic heterocycles. The Morgan fingerprint density at radius 2 is 2.07 bits per heavy atom. The van der Waals surface area contributed by atoms with E-state index in [9.17, 15) is 0 Å². The molecular weight excluding hydrogens is 188 g/mol. The second kappa shape index (κ2) is 6.05. The van der Waals surface area contributed by atoms with Crippen LogP contribution in [0, 0.1) is 11.3 Å². The molecule has 0 heterocycles. The van der Waals surface area contributed by atoms with Crippen molar-refractivity contribution in [2.75, 3.05) is 19.0 Å². The Morgan fingerprint density at radius 3 is 2.60 bits per heavy atom. The number of nitrogens with one attached hydrogen (secondary N) is 1. The third kappa shape index (κ3) is 4.01. The van der Waals surface area contributed by atoms with E-state index in [2.05, 4.69) is 18.3 Å². The van der Waals surface area contributed by atoms with E-state index in [0.29, 0.717) is 13.0 Å². The van der Waals surface area contributed by atoms with E-state index in [1.54, 1.807) is 7.11 Å². The molecule has 1 atom stereocenters. The molecule has 0 bridgehead atoms. The zero-order valence-electron chi connectivity index (χ0n) is 9.16. The van der Waals surface area contributed by atoms with Gasteiger partial charge in [-0.25, -0.2) is 0 Å². The Kier molecular flexibility index (Phi) is 4.65. The fourth-order valence-electron chi connectivity index (χ4n) is 1.39. The molecule has 1 rings (SSSR count). The first kappa shape index (κ1) is 11.5. The topological polar surface area (TPSA) is 45.0 Å². The lowest BCUT2D eigenvalue weighted by Crippen LogP contribution is -2.20. The molecule has 3 nitrogen and oxygen atoms in total. The molecule has 0 aliphatic rings. The van der Waals surface area contributed by atoms with Crippen molar-refractivity contribution in [3.63, 3.8) is 0 Å². The van der Waals surface area contributed by atoms with Crippen molar-refractivity contribution >= 4 is 5.69 Å². The molecule has 0 amide bonds. The van der Waals surface area contributed by atoms with Crippen LogP contribution in [0.25, 0.3) is 0 Å². The molecule has 0 fully saturated rings. The summed E-state index contributed by atoms with van der Waals surface area (Å²) in [6.45, 7) is 2.74. The number of nitrogens with zero attached hydrogens (tertiary/aromatic N) is 1. The van der Waals surface area contributed by atoms with Gasteiger partial charge in [-0.1, -0.05) is 12.1 Å². The third-order valence-electron chi connectivity index (χ3n) is 2.07. The van der Waals surface area contributed by atoms with Crippen LogP contribution in [0.2, 0.25) is 0 Å². The fraction of sp³-hybridized carbons (Fsp3) is 0.417. The van der Waals surface area contributed by atoms with Crippen LogP contribution >= 0.6 is 0 Å². The number of hydrogen-bond acceptors (Lipinski definition) is 3. The zero-order chi connectivity index (χ0) is 11.1. The second-order valence-electron chi connectivity index (χ2n) is 3.53. The number of rotatable bonds is 5. The third-order valence-corrected chi connectivity index (χ3v) is 2.07. The average molecular weight is 204 g/mol. The van der Waals surface area contributed by atoms with Crippen LogP contribution in [0.5, 0.6) is 0 Å². The van der Waals surface area contributed by atoms with E-state index in [1.165, 1.54) is 0 Å². The highest BCUT2D eigenvalue weighted by Crippen LogP contribution is 2.11. The maximum atomic E-state index is 8.52. The number of hydrogen-bond donors (Lipinski definition) is 1.